The van der Waals surface area contributed by atoms with Gasteiger partial charge in [-0.2, -0.15) is 0 Å². The maximum absolute atomic E-state index is 12.1. The van der Waals surface area contributed by atoms with Gasteiger partial charge in [0.15, 0.2) is 0 Å². The van der Waals surface area contributed by atoms with E-state index in [1.807, 2.05) is 26.0 Å². The first kappa shape index (κ1) is 15.6. The number of carbonyl (C=O) groups excluding carboxylic acids is 2. The zero-order valence-electron chi connectivity index (χ0n) is 13.6. The molecular weight excluding hydrogens is 292 g/mol. The van der Waals surface area contributed by atoms with Crippen LogP contribution in [0, 0.1) is 13.8 Å². The molecule has 3 rings (SSSR count). The molecular formula is C18H22N2O3. The van der Waals surface area contributed by atoms with Crippen molar-refractivity contribution in [1.29, 1.82) is 0 Å². The van der Waals surface area contributed by atoms with Gasteiger partial charge in [0, 0.05) is 24.0 Å². The molecule has 0 radical (unpaired) electrons. The Balaban J connectivity index is 1.61. The van der Waals surface area contributed by atoms with Crippen LogP contribution >= 0.6 is 0 Å². The summed E-state index contributed by atoms with van der Waals surface area (Å²) in [6, 6.07) is 4.04. The third-order valence-corrected chi connectivity index (χ3v) is 4.52. The van der Waals surface area contributed by atoms with Gasteiger partial charge in [-0.1, -0.05) is 0 Å². The molecule has 2 aromatic rings. The number of hydrogen-bond acceptors (Lipinski definition) is 3. The van der Waals surface area contributed by atoms with Crippen LogP contribution in [0.3, 0.4) is 0 Å². The molecule has 0 bridgehead atoms. The molecule has 0 saturated carbocycles. The number of aryl methyl sites for hydroxylation is 2. The number of nitrogens with zero attached hydrogens (tertiary/aromatic N) is 1. The molecule has 122 valence electrons. The largest absolute Gasteiger partial charge is 0.464 e. The van der Waals surface area contributed by atoms with E-state index in [4.69, 9.17) is 4.42 Å². The molecule has 1 aliphatic rings. The van der Waals surface area contributed by atoms with Crippen molar-refractivity contribution in [3.8, 4) is 0 Å². The minimum atomic E-state index is -0.154. The van der Waals surface area contributed by atoms with Gasteiger partial charge < -0.3 is 14.6 Å². The van der Waals surface area contributed by atoms with Crippen molar-refractivity contribution in [2.45, 2.75) is 33.1 Å². The molecule has 2 amide bonds. The van der Waals surface area contributed by atoms with E-state index < -0.39 is 0 Å². The van der Waals surface area contributed by atoms with Crippen molar-refractivity contribution in [2.75, 3.05) is 19.6 Å². The van der Waals surface area contributed by atoms with Crippen LogP contribution in [-0.4, -0.2) is 36.3 Å². The topological polar surface area (TPSA) is 62.6 Å². The van der Waals surface area contributed by atoms with Crippen LogP contribution in [-0.2, 0) is 16.0 Å². The third kappa shape index (κ3) is 3.38. The van der Waals surface area contributed by atoms with Gasteiger partial charge in [-0.25, -0.2) is 0 Å². The lowest BCUT2D eigenvalue weighted by atomic mass is 10.0. The van der Waals surface area contributed by atoms with E-state index in [-0.39, 0.29) is 24.8 Å². The number of amides is 2. The molecule has 0 atom stereocenters. The van der Waals surface area contributed by atoms with Crippen LogP contribution in [0.2, 0.25) is 0 Å². The first-order valence-electron chi connectivity index (χ1n) is 8.06. The maximum Gasteiger partial charge on any atom is 0.241 e. The number of fused-ring (bicyclic) bond motifs is 1. The van der Waals surface area contributed by atoms with Gasteiger partial charge >= 0.3 is 0 Å². The first-order chi connectivity index (χ1) is 11.0. The van der Waals surface area contributed by atoms with E-state index >= 15 is 0 Å². The zero-order chi connectivity index (χ0) is 16.4. The van der Waals surface area contributed by atoms with Crippen LogP contribution in [0.25, 0.3) is 11.0 Å². The lowest BCUT2D eigenvalue weighted by molar-refractivity contribution is -0.131. The van der Waals surface area contributed by atoms with Crippen LogP contribution < -0.4 is 5.32 Å². The Kier molecular flexibility index (Phi) is 4.37. The Morgan fingerprint density at radius 3 is 2.61 bits per heavy atom. The van der Waals surface area contributed by atoms with E-state index in [0.29, 0.717) is 0 Å². The van der Waals surface area contributed by atoms with E-state index in [1.165, 1.54) is 11.1 Å². The van der Waals surface area contributed by atoms with Gasteiger partial charge in [0.1, 0.15) is 5.58 Å². The number of likely N-dealkylation sites (tertiary alicyclic amines) is 1. The summed E-state index contributed by atoms with van der Waals surface area (Å²) in [4.78, 5) is 25.8. The number of benzene rings is 1. The SMILES string of the molecule is Cc1cc2occ(CC(=O)NCC(=O)N3CCCC3)c2cc1C. The Morgan fingerprint density at radius 1 is 1.17 bits per heavy atom. The Morgan fingerprint density at radius 2 is 1.87 bits per heavy atom. The predicted octanol–water partition coefficient (Wildman–Crippen LogP) is 2.33. The van der Waals surface area contributed by atoms with Gasteiger partial charge in [-0.05, 0) is 49.9 Å². The van der Waals surface area contributed by atoms with Gasteiger partial charge in [0.25, 0.3) is 0 Å². The fraction of sp³-hybridized carbons (Fsp3) is 0.444. The average Bonchev–Trinajstić information content (AvgIpc) is 3.17. The number of carbonyl (C=O) groups is 2. The number of rotatable bonds is 4. The van der Waals surface area contributed by atoms with E-state index in [2.05, 4.69) is 5.32 Å². The highest BCUT2D eigenvalue weighted by molar-refractivity contribution is 5.90. The second-order valence-electron chi connectivity index (χ2n) is 6.23. The van der Waals surface area contributed by atoms with Gasteiger partial charge in [-0.15, -0.1) is 0 Å². The summed E-state index contributed by atoms with van der Waals surface area (Å²) in [5.41, 5.74) is 3.99. The Bertz CT molecular complexity index is 742. The van der Waals surface area contributed by atoms with Crippen molar-refractivity contribution >= 4 is 22.8 Å². The molecule has 0 unspecified atom stereocenters. The predicted molar refractivity (Wildman–Crippen MR) is 88.2 cm³/mol. The summed E-state index contributed by atoms with van der Waals surface area (Å²) in [6.07, 6.45) is 3.97. The molecule has 1 saturated heterocycles. The summed E-state index contributed by atoms with van der Waals surface area (Å²) < 4.78 is 5.54. The monoisotopic (exact) mass is 314 g/mol. The maximum atomic E-state index is 12.1. The summed E-state index contributed by atoms with van der Waals surface area (Å²) in [6.45, 7) is 5.76. The van der Waals surface area contributed by atoms with Crippen LogP contribution in [0.4, 0.5) is 0 Å². The summed E-state index contributed by atoms with van der Waals surface area (Å²) in [5.74, 6) is -0.155. The lowest BCUT2D eigenvalue weighted by Gasteiger charge is -2.15. The molecule has 2 heterocycles. The molecule has 1 aromatic carbocycles. The number of nitrogens with one attached hydrogen (secondary N) is 1. The highest BCUT2D eigenvalue weighted by Gasteiger charge is 2.18. The van der Waals surface area contributed by atoms with E-state index in [9.17, 15) is 9.59 Å². The van der Waals surface area contributed by atoms with E-state index in [1.54, 1.807) is 11.2 Å². The van der Waals surface area contributed by atoms with Crippen molar-refractivity contribution in [1.82, 2.24) is 10.2 Å². The van der Waals surface area contributed by atoms with Crippen molar-refractivity contribution in [3.63, 3.8) is 0 Å². The van der Waals surface area contributed by atoms with Gasteiger partial charge in [-0.3, -0.25) is 9.59 Å². The molecule has 1 aromatic heterocycles. The molecule has 0 aliphatic carbocycles. The first-order valence-corrected chi connectivity index (χ1v) is 8.06. The fourth-order valence-corrected chi connectivity index (χ4v) is 2.96. The molecule has 5 nitrogen and oxygen atoms in total. The average molecular weight is 314 g/mol. The highest BCUT2D eigenvalue weighted by Crippen LogP contribution is 2.25. The second-order valence-corrected chi connectivity index (χ2v) is 6.23. The number of furan rings is 1. The molecule has 23 heavy (non-hydrogen) atoms. The van der Waals surface area contributed by atoms with Crippen LogP contribution in [0.1, 0.15) is 29.5 Å². The molecule has 0 spiro atoms. The minimum Gasteiger partial charge on any atom is -0.464 e. The molecule has 1 fully saturated rings. The van der Waals surface area contributed by atoms with Crippen LogP contribution in [0.15, 0.2) is 22.8 Å². The quantitative estimate of drug-likeness (QED) is 0.942. The Labute approximate surface area is 135 Å². The second kappa shape index (κ2) is 6.44. The summed E-state index contributed by atoms with van der Waals surface area (Å²) >= 11 is 0. The van der Waals surface area contributed by atoms with Crippen molar-refractivity contribution in [2.24, 2.45) is 0 Å². The smallest absolute Gasteiger partial charge is 0.241 e. The van der Waals surface area contributed by atoms with Gasteiger partial charge in [0.05, 0.1) is 19.2 Å². The minimum absolute atomic E-state index is 0.000582. The normalized spacial score (nSPS) is 14.4. The molecule has 1 aliphatic heterocycles. The fourth-order valence-electron chi connectivity index (χ4n) is 2.96. The van der Waals surface area contributed by atoms with E-state index in [0.717, 1.165) is 42.5 Å². The van der Waals surface area contributed by atoms with Crippen LogP contribution in [0.5, 0.6) is 0 Å². The highest BCUT2D eigenvalue weighted by atomic mass is 16.3. The lowest BCUT2D eigenvalue weighted by Crippen LogP contribution is -2.39. The third-order valence-electron chi connectivity index (χ3n) is 4.52. The molecule has 1 N–H and O–H groups in total. The van der Waals surface area contributed by atoms with Gasteiger partial charge in [0.2, 0.25) is 11.8 Å². The summed E-state index contributed by atoms with van der Waals surface area (Å²) in [5, 5.41) is 3.68. The van der Waals surface area contributed by atoms with Crippen molar-refractivity contribution in [3.05, 3.63) is 35.1 Å². The number of hydrogen-bond donors (Lipinski definition) is 1. The Hall–Kier alpha value is -2.30. The standard InChI is InChI=1S/C18H22N2O3/c1-12-7-15-14(11-23-16(15)8-13(12)2)9-17(21)19-10-18(22)20-5-3-4-6-20/h7-8,11H,3-6,9-10H2,1-2H3,(H,19,21). The zero-order valence-corrected chi connectivity index (χ0v) is 13.6. The van der Waals surface area contributed by atoms with Crippen molar-refractivity contribution < 1.29 is 14.0 Å². The summed E-state index contributed by atoms with van der Waals surface area (Å²) in [7, 11) is 0. The molecule has 5 heteroatoms.